The van der Waals surface area contributed by atoms with E-state index in [-0.39, 0.29) is 5.91 Å². The smallest absolute Gasteiger partial charge is 0.234 e. The van der Waals surface area contributed by atoms with Crippen LogP contribution in [0.1, 0.15) is 32.6 Å². The SMILES string of the molecule is C[C@@H]1CCCC[C@H]1NC(=O)CN1CCN(c2ccccc2)CC1. The first-order chi connectivity index (χ1) is 11.2. The molecule has 126 valence electrons. The molecule has 23 heavy (non-hydrogen) atoms. The molecule has 2 aliphatic rings. The second-order valence-corrected chi connectivity index (χ2v) is 7.03. The molecule has 0 bridgehead atoms. The van der Waals surface area contributed by atoms with Gasteiger partial charge in [-0.15, -0.1) is 0 Å². The molecule has 1 aromatic carbocycles. The topological polar surface area (TPSA) is 35.6 Å². The van der Waals surface area contributed by atoms with E-state index >= 15 is 0 Å². The molecule has 2 fully saturated rings. The zero-order valence-corrected chi connectivity index (χ0v) is 14.2. The van der Waals surface area contributed by atoms with Crippen molar-refractivity contribution in [2.45, 2.75) is 38.6 Å². The normalized spacial score (nSPS) is 26.0. The fraction of sp³-hybridized carbons (Fsp3) is 0.632. The molecule has 1 amide bonds. The lowest BCUT2D eigenvalue weighted by atomic mass is 9.86. The number of hydrogen-bond donors (Lipinski definition) is 1. The summed E-state index contributed by atoms with van der Waals surface area (Å²) in [7, 11) is 0. The van der Waals surface area contributed by atoms with E-state index in [1.807, 2.05) is 0 Å². The standard InChI is InChI=1S/C19H29N3O/c1-16-7-5-6-10-18(16)20-19(23)15-21-11-13-22(14-12-21)17-8-3-2-4-9-17/h2-4,8-9,16,18H,5-7,10-15H2,1H3,(H,20,23)/t16-,18-/m1/s1. The van der Waals surface area contributed by atoms with Gasteiger partial charge in [0, 0.05) is 37.9 Å². The van der Waals surface area contributed by atoms with Crippen LogP contribution >= 0.6 is 0 Å². The van der Waals surface area contributed by atoms with E-state index in [4.69, 9.17) is 0 Å². The summed E-state index contributed by atoms with van der Waals surface area (Å²) in [6, 6.07) is 10.9. The van der Waals surface area contributed by atoms with Crippen molar-refractivity contribution in [1.29, 1.82) is 0 Å². The lowest BCUT2D eigenvalue weighted by Crippen LogP contribution is -2.51. The molecule has 0 unspecified atom stereocenters. The van der Waals surface area contributed by atoms with Crippen molar-refractivity contribution in [1.82, 2.24) is 10.2 Å². The van der Waals surface area contributed by atoms with Gasteiger partial charge < -0.3 is 10.2 Å². The van der Waals surface area contributed by atoms with Gasteiger partial charge in [-0.05, 0) is 30.9 Å². The average molecular weight is 315 g/mol. The lowest BCUT2D eigenvalue weighted by molar-refractivity contribution is -0.123. The Bertz CT molecular complexity index is 497. The Labute approximate surface area is 139 Å². The number of amides is 1. The van der Waals surface area contributed by atoms with E-state index in [0.29, 0.717) is 18.5 Å². The van der Waals surface area contributed by atoms with Crippen LogP contribution < -0.4 is 10.2 Å². The van der Waals surface area contributed by atoms with Crippen molar-refractivity contribution >= 4 is 11.6 Å². The van der Waals surface area contributed by atoms with Crippen LogP contribution in [-0.4, -0.2) is 49.6 Å². The molecule has 1 aliphatic carbocycles. The van der Waals surface area contributed by atoms with Crippen LogP contribution in [0.4, 0.5) is 5.69 Å². The zero-order chi connectivity index (χ0) is 16.1. The number of rotatable bonds is 4. The van der Waals surface area contributed by atoms with Crippen molar-refractivity contribution in [3.8, 4) is 0 Å². The number of hydrogen-bond acceptors (Lipinski definition) is 3. The minimum Gasteiger partial charge on any atom is -0.369 e. The van der Waals surface area contributed by atoms with E-state index in [0.717, 1.165) is 32.6 Å². The maximum Gasteiger partial charge on any atom is 0.234 e. The van der Waals surface area contributed by atoms with Gasteiger partial charge in [0.15, 0.2) is 0 Å². The molecule has 0 radical (unpaired) electrons. The van der Waals surface area contributed by atoms with Crippen LogP contribution in [0.15, 0.2) is 30.3 Å². The first-order valence-electron chi connectivity index (χ1n) is 9.04. The van der Waals surface area contributed by atoms with E-state index in [9.17, 15) is 4.79 Å². The largest absolute Gasteiger partial charge is 0.369 e. The van der Waals surface area contributed by atoms with Crippen molar-refractivity contribution in [3.05, 3.63) is 30.3 Å². The van der Waals surface area contributed by atoms with Gasteiger partial charge in [0.1, 0.15) is 0 Å². The highest BCUT2D eigenvalue weighted by Gasteiger charge is 2.24. The molecule has 4 nitrogen and oxygen atoms in total. The maximum absolute atomic E-state index is 12.3. The number of benzene rings is 1. The quantitative estimate of drug-likeness (QED) is 0.927. The van der Waals surface area contributed by atoms with Crippen molar-refractivity contribution in [2.75, 3.05) is 37.6 Å². The lowest BCUT2D eigenvalue weighted by Gasteiger charge is -2.36. The molecule has 1 saturated heterocycles. The minimum atomic E-state index is 0.205. The Balaban J connectivity index is 1.42. The Kier molecular flexibility index (Phi) is 5.55. The van der Waals surface area contributed by atoms with Gasteiger partial charge in [0.2, 0.25) is 5.91 Å². The fourth-order valence-corrected chi connectivity index (χ4v) is 3.79. The number of nitrogens with one attached hydrogen (secondary N) is 1. The zero-order valence-electron chi connectivity index (χ0n) is 14.2. The Hall–Kier alpha value is -1.55. The predicted octanol–water partition coefficient (Wildman–Crippen LogP) is 2.50. The minimum absolute atomic E-state index is 0.205. The molecule has 1 aliphatic heterocycles. The van der Waals surface area contributed by atoms with E-state index in [1.54, 1.807) is 0 Å². The number of anilines is 1. The molecule has 0 spiro atoms. The van der Waals surface area contributed by atoms with Gasteiger partial charge in [-0.3, -0.25) is 9.69 Å². The first kappa shape index (κ1) is 16.3. The molecule has 1 N–H and O–H groups in total. The predicted molar refractivity (Wildman–Crippen MR) is 94.7 cm³/mol. The highest BCUT2D eigenvalue weighted by molar-refractivity contribution is 5.78. The van der Waals surface area contributed by atoms with Crippen LogP contribution in [0.2, 0.25) is 0 Å². The summed E-state index contributed by atoms with van der Waals surface area (Å²) in [5.74, 6) is 0.833. The van der Waals surface area contributed by atoms with Crippen LogP contribution in [-0.2, 0) is 4.79 Å². The summed E-state index contributed by atoms with van der Waals surface area (Å²) in [6.45, 7) is 6.73. The third-order valence-electron chi connectivity index (χ3n) is 5.32. The molecule has 4 heteroatoms. The molecule has 1 heterocycles. The molecular formula is C19H29N3O. The van der Waals surface area contributed by atoms with Gasteiger partial charge in [-0.2, -0.15) is 0 Å². The van der Waals surface area contributed by atoms with E-state index in [1.165, 1.54) is 24.9 Å². The molecular weight excluding hydrogens is 286 g/mol. The maximum atomic E-state index is 12.3. The van der Waals surface area contributed by atoms with Crippen LogP contribution in [0.25, 0.3) is 0 Å². The Morgan fingerprint density at radius 3 is 2.48 bits per heavy atom. The summed E-state index contributed by atoms with van der Waals surface area (Å²) in [4.78, 5) is 17.0. The van der Waals surface area contributed by atoms with Gasteiger partial charge in [0.25, 0.3) is 0 Å². The number of carbonyl (C=O) groups excluding carboxylic acids is 1. The highest BCUT2D eigenvalue weighted by atomic mass is 16.2. The van der Waals surface area contributed by atoms with Gasteiger partial charge in [-0.1, -0.05) is 38.0 Å². The number of para-hydroxylation sites is 1. The fourth-order valence-electron chi connectivity index (χ4n) is 3.79. The monoisotopic (exact) mass is 315 g/mol. The van der Waals surface area contributed by atoms with Crippen molar-refractivity contribution in [2.24, 2.45) is 5.92 Å². The third-order valence-corrected chi connectivity index (χ3v) is 5.32. The molecule has 0 aromatic heterocycles. The number of carbonyl (C=O) groups is 1. The second-order valence-electron chi connectivity index (χ2n) is 7.03. The summed E-state index contributed by atoms with van der Waals surface area (Å²) in [6.07, 6.45) is 4.97. The van der Waals surface area contributed by atoms with Crippen LogP contribution in [0.5, 0.6) is 0 Å². The summed E-state index contributed by atoms with van der Waals surface area (Å²) < 4.78 is 0. The van der Waals surface area contributed by atoms with Gasteiger partial charge in [0.05, 0.1) is 6.54 Å². The van der Waals surface area contributed by atoms with Gasteiger partial charge >= 0.3 is 0 Å². The summed E-state index contributed by atoms with van der Waals surface area (Å²) in [5, 5.41) is 3.26. The molecule has 1 saturated carbocycles. The molecule has 1 aromatic rings. The van der Waals surface area contributed by atoms with E-state index in [2.05, 4.69) is 52.4 Å². The Morgan fingerprint density at radius 1 is 1.09 bits per heavy atom. The van der Waals surface area contributed by atoms with Crippen molar-refractivity contribution < 1.29 is 4.79 Å². The second kappa shape index (κ2) is 7.82. The van der Waals surface area contributed by atoms with Crippen LogP contribution in [0.3, 0.4) is 0 Å². The highest BCUT2D eigenvalue weighted by Crippen LogP contribution is 2.23. The first-order valence-corrected chi connectivity index (χ1v) is 9.04. The van der Waals surface area contributed by atoms with Gasteiger partial charge in [-0.25, -0.2) is 0 Å². The Morgan fingerprint density at radius 2 is 1.78 bits per heavy atom. The molecule has 2 atom stereocenters. The van der Waals surface area contributed by atoms with E-state index < -0.39 is 0 Å². The molecule has 3 rings (SSSR count). The average Bonchev–Trinajstić information content (AvgIpc) is 2.58. The summed E-state index contributed by atoms with van der Waals surface area (Å²) in [5.41, 5.74) is 1.28. The van der Waals surface area contributed by atoms with Crippen molar-refractivity contribution in [3.63, 3.8) is 0 Å². The van der Waals surface area contributed by atoms with Crippen LogP contribution in [0, 0.1) is 5.92 Å². The third kappa shape index (κ3) is 4.47. The number of nitrogens with zero attached hydrogens (tertiary/aromatic N) is 2. The summed E-state index contributed by atoms with van der Waals surface area (Å²) >= 11 is 0. The number of piperazine rings is 1.